The first-order valence-electron chi connectivity index (χ1n) is 14.4. The van der Waals surface area contributed by atoms with E-state index in [9.17, 15) is 19.5 Å². The van der Waals surface area contributed by atoms with Gasteiger partial charge < -0.3 is 14.9 Å². The molecule has 0 spiro atoms. The van der Waals surface area contributed by atoms with E-state index >= 15 is 0 Å². The summed E-state index contributed by atoms with van der Waals surface area (Å²) in [5, 5.41) is 11.4. The molecule has 6 nitrogen and oxygen atoms in total. The van der Waals surface area contributed by atoms with Crippen LogP contribution in [-0.2, 0) is 4.79 Å². The number of aliphatic carboxylic acids is 1. The molecule has 2 amide bonds. The third-order valence-electron chi connectivity index (χ3n) is 7.78. The number of carbonyl (C=O) groups excluding carboxylic acids is 2. The van der Waals surface area contributed by atoms with E-state index < -0.39 is 5.97 Å². The Morgan fingerprint density at radius 3 is 1.91 bits per heavy atom. The van der Waals surface area contributed by atoms with Crippen molar-refractivity contribution in [2.45, 2.75) is 19.3 Å². The highest BCUT2D eigenvalue weighted by Crippen LogP contribution is 2.32. The summed E-state index contributed by atoms with van der Waals surface area (Å²) in [7, 11) is 1.76. The second kappa shape index (κ2) is 13.2. The van der Waals surface area contributed by atoms with Crippen LogP contribution in [0.25, 0.3) is 21.9 Å². The standard InChI is InChI=1S/C37H34N2O4/c1-26(27-13-4-3-5-14-27)25-39(24-23-35(40)41)37(43)33-21-11-9-19-31(33)30-18-8-10-20-32(30)36(42)38(2)34-22-12-16-28-15-6-7-17-29(28)34/h3-22,26H,23-25H2,1-2H3,(H,40,41). The number of carbonyl (C=O) groups is 3. The monoisotopic (exact) mass is 570 g/mol. The number of benzene rings is 5. The lowest BCUT2D eigenvalue weighted by Crippen LogP contribution is -2.36. The maximum absolute atomic E-state index is 14.1. The minimum atomic E-state index is -0.967. The van der Waals surface area contributed by atoms with Crippen molar-refractivity contribution in [3.05, 3.63) is 138 Å². The molecule has 0 bridgehead atoms. The van der Waals surface area contributed by atoms with Gasteiger partial charge in [0, 0.05) is 36.7 Å². The van der Waals surface area contributed by atoms with Crippen LogP contribution in [0, 0.1) is 0 Å². The molecule has 0 aliphatic heterocycles. The summed E-state index contributed by atoms with van der Waals surface area (Å²) in [6.45, 7) is 2.46. The number of rotatable bonds is 10. The lowest BCUT2D eigenvalue weighted by molar-refractivity contribution is -0.137. The van der Waals surface area contributed by atoms with Crippen molar-refractivity contribution >= 4 is 34.2 Å². The van der Waals surface area contributed by atoms with Gasteiger partial charge in [0.1, 0.15) is 0 Å². The molecule has 43 heavy (non-hydrogen) atoms. The predicted molar refractivity (Wildman–Crippen MR) is 172 cm³/mol. The van der Waals surface area contributed by atoms with E-state index in [1.54, 1.807) is 35.0 Å². The number of amides is 2. The van der Waals surface area contributed by atoms with Gasteiger partial charge in [-0.05, 0) is 46.2 Å². The fourth-order valence-corrected chi connectivity index (χ4v) is 5.49. The third-order valence-corrected chi connectivity index (χ3v) is 7.78. The molecule has 1 atom stereocenters. The Kier molecular flexibility index (Phi) is 8.96. The quantitative estimate of drug-likeness (QED) is 0.189. The van der Waals surface area contributed by atoms with E-state index in [0.29, 0.717) is 28.8 Å². The normalized spacial score (nSPS) is 11.6. The van der Waals surface area contributed by atoms with Gasteiger partial charge in [0.15, 0.2) is 0 Å². The molecular weight excluding hydrogens is 536 g/mol. The summed E-state index contributed by atoms with van der Waals surface area (Å²) < 4.78 is 0. The largest absolute Gasteiger partial charge is 0.481 e. The maximum atomic E-state index is 14.1. The Morgan fingerprint density at radius 2 is 1.23 bits per heavy atom. The molecule has 216 valence electrons. The lowest BCUT2D eigenvalue weighted by atomic mass is 9.93. The van der Waals surface area contributed by atoms with Gasteiger partial charge in [-0.2, -0.15) is 0 Å². The summed E-state index contributed by atoms with van der Waals surface area (Å²) in [4.78, 5) is 42.9. The lowest BCUT2D eigenvalue weighted by Gasteiger charge is -2.27. The molecule has 5 rings (SSSR count). The van der Waals surface area contributed by atoms with Crippen molar-refractivity contribution in [3.63, 3.8) is 0 Å². The molecule has 0 fully saturated rings. The van der Waals surface area contributed by atoms with Gasteiger partial charge in [0.05, 0.1) is 12.1 Å². The van der Waals surface area contributed by atoms with Crippen LogP contribution in [0.15, 0.2) is 121 Å². The highest BCUT2D eigenvalue weighted by atomic mass is 16.4. The first-order valence-corrected chi connectivity index (χ1v) is 14.4. The van der Waals surface area contributed by atoms with Gasteiger partial charge in [-0.25, -0.2) is 0 Å². The number of hydrogen-bond donors (Lipinski definition) is 1. The fourth-order valence-electron chi connectivity index (χ4n) is 5.49. The van der Waals surface area contributed by atoms with Crippen LogP contribution in [-0.4, -0.2) is 47.9 Å². The smallest absolute Gasteiger partial charge is 0.305 e. The molecule has 6 heteroatoms. The van der Waals surface area contributed by atoms with Crippen molar-refractivity contribution in [2.24, 2.45) is 0 Å². The molecule has 5 aromatic carbocycles. The Labute approximate surface area is 251 Å². The van der Waals surface area contributed by atoms with Gasteiger partial charge >= 0.3 is 5.97 Å². The summed E-state index contributed by atoms with van der Waals surface area (Å²) in [6.07, 6.45) is -0.166. The minimum Gasteiger partial charge on any atom is -0.481 e. The van der Waals surface area contributed by atoms with Gasteiger partial charge in [0.2, 0.25) is 0 Å². The molecule has 0 heterocycles. The SMILES string of the molecule is CC(CN(CCC(=O)O)C(=O)c1ccccc1-c1ccccc1C(=O)N(C)c1cccc2ccccc12)c1ccccc1. The zero-order valence-corrected chi connectivity index (χ0v) is 24.3. The first kappa shape index (κ1) is 29.3. The Morgan fingerprint density at radius 1 is 0.674 bits per heavy atom. The van der Waals surface area contributed by atoms with Crippen LogP contribution in [0.3, 0.4) is 0 Å². The maximum Gasteiger partial charge on any atom is 0.305 e. The van der Waals surface area contributed by atoms with E-state index in [1.807, 2.05) is 110 Å². The minimum absolute atomic E-state index is 0.00526. The van der Waals surface area contributed by atoms with E-state index in [1.165, 1.54) is 0 Å². The van der Waals surface area contributed by atoms with Crippen LogP contribution in [0.2, 0.25) is 0 Å². The van der Waals surface area contributed by atoms with Crippen molar-refractivity contribution in [1.29, 1.82) is 0 Å². The second-order valence-corrected chi connectivity index (χ2v) is 10.7. The Balaban J connectivity index is 1.51. The van der Waals surface area contributed by atoms with E-state index in [2.05, 4.69) is 0 Å². The molecular formula is C37H34N2O4. The second-order valence-electron chi connectivity index (χ2n) is 10.7. The third kappa shape index (κ3) is 6.49. The van der Waals surface area contributed by atoms with Crippen molar-refractivity contribution < 1.29 is 19.5 Å². The first-order chi connectivity index (χ1) is 20.8. The van der Waals surface area contributed by atoms with Crippen molar-refractivity contribution in [1.82, 2.24) is 4.90 Å². The molecule has 1 unspecified atom stereocenters. The highest BCUT2D eigenvalue weighted by Gasteiger charge is 2.25. The zero-order chi connectivity index (χ0) is 30.3. The zero-order valence-electron chi connectivity index (χ0n) is 24.3. The topological polar surface area (TPSA) is 77.9 Å². The fraction of sp³-hybridized carbons (Fsp3) is 0.162. The number of hydrogen-bond acceptors (Lipinski definition) is 3. The van der Waals surface area contributed by atoms with Crippen LogP contribution in [0.4, 0.5) is 5.69 Å². The van der Waals surface area contributed by atoms with Gasteiger partial charge in [-0.3, -0.25) is 14.4 Å². The number of anilines is 1. The molecule has 0 radical (unpaired) electrons. The molecule has 0 saturated heterocycles. The van der Waals surface area contributed by atoms with E-state index in [-0.39, 0.29) is 30.7 Å². The highest BCUT2D eigenvalue weighted by molar-refractivity contribution is 6.14. The van der Waals surface area contributed by atoms with Crippen LogP contribution in [0.5, 0.6) is 0 Å². The number of carboxylic acid groups (broad SMARTS) is 1. The van der Waals surface area contributed by atoms with Crippen LogP contribution in [0.1, 0.15) is 45.5 Å². The van der Waals surface area contributed by atoms with Crippen molar-refractivity contribution in [3.8, 4) is 11.1 Å². The number of nitrogens with zero attached hydrogens (tertiary/aromatic N) is 2. The number of fused-ring (bicyclic) bond motifs is 1. The van der Waals surface area contributed by atoms with Crippen molar-refractivity contribution in [2.75, 3.05) is 25.0 Å². The van der Waals surface area contributed by atoms with Gasteiger partial charge in [0.25, 0.3) is 11.8 Å². The summed E-state index contributed by atoms with van der Waals surface area (Å²) in [5.41, 5.74) is 4.00. The average Bonchev–Trinajstić information content (AvgIpc) is 3.05. The summed E-state index contributed by atoms with van der Waals surface area (Å²) in [5.74, 6) is -1.45. The van der Waals surface area contributed by atoms with E-state index in [0.717, 1.165) is 22.0 Å². The molecule has 1 N–H and O–H groups in total. The molecule has 0 aromatic heterocycles. The Hall–Kier alpha value is -5.23. The summed E-state index contributed by atoms with van der Waals surface area (Å²) in [6, 6.07) is 38.2. The Bertz CT molecular complexity index is 1760. The number of carboxylic acids is 1. The van der Waals surface area contributed by atoms with Crippen LogP contribution >= 0.6 is 0 Å². The van der Waals surface area contributed by atoms with Gasteiger partial charge in [-0.1, -0.05) is 110 Å². The summed E-state index contributed by atoms with van der Waals surface area (Å²) >= 11 is 0. The molecule has 0 aliphatic rings. The average molecular weight is 571 g/mol. The van der Waals surface area contributed by atoms with Crippen LogP contribution < -0.4 is 4.90 Å². The van der Waals surface area contributed by atoms with E-state index in [4.69, 9.17) is 0 Å². The molecule has 0 saturated carbocycles. The molecule has 5 aromatic rings. The molecule has 0 aliphatic carbocycles. The predicted octanol–water partition coefficient (Wildman–Crippen LogP) is 7.50. The van der Waals surface area contributed by atoms with Gasteiger partial charge in [-0.15, -0.1) is 0 Å².